The highest BCUT2D eigenvalue weighted by atomic mass is 32.1. The van der Waals surface area contributed by atoms with Crippen LogP contribution in [-0.4, -0.2) is 32.4 Å². The first-order valence-electron chi connectivity index (χ1n) is 12.1. The molecule has 3 heterocycles. The number of para-hydroxylation sites is 1. The quantitative estimate of drug-likeness (QED) is 0.174. The molecule has 2 unspecified atom stereocenters. The van der Waals surface area contributed by atoms with Crippen molar-refractivity contribution in [2.24, 2.45) is 0 Å². The molecule has 1 fully saturated rings. The molecule has 0 saturated carbocycles. The van der Waals surface area contributed by atoms with Gasteiger partial charge in [-0.15, -0.1) is 0 Å². The second-order valence-electron chi connectivity index (χ2n) is 8.96. The van der Waals surface area contributed by atoms with Crippen LogP contribution in [-0.2, 0) is 4.79 Å². The largest absolute Gasteiger partial charge is 0.459 e. The minimum atomic E-state index is -0.431. The van der Waals surface area contributed by atoms with Gasteiger partial charge in [0.2, 0.25) is 5.91 Å². The van der Waals surface area contributed by atoms with E-state index in [4.69, 9.17) is 16.6 Å². The van der Waals surface area contributed by atoms with Crippen molar-refractivity contribution in [1.82, 2.24) is 15.2 Å². The van der Waals surface area contributed by atoms with Gasteiger partial charge in [-0.2, -0.15) is 0 Å². The fourth-order valence-electron chi connectivity index (χ4n) is 4.62. The van der Waals surface area contributed by atoms with E-state index in [0.717, 1.165) is 16.9 Å². The highest BCUT2D eigenvalue weighted by Crippen LogP contribution is 2.41. The molecule has 2 atom stereocenters. The lowest BCUT2D eigenvalue weighted by Crippen LogP contribution is -2.32. The van der Waals surface area contributed by atoms with Crippen molar-refractivity contribution < 1.29 is 14.1 Å². The molecule has 1 aliphatic rings. The number of anilines is 1. The third kappa shape index (κ3) is 5.25. The number of furan rings is 1. The number of nitro groups is 1. The minimum absolute atomic E-state index is 0.0422. The Morgan fingerprint density at radius 2 is 1.95 bits per heavy atom. The number of carbonyl (C=O) groups is 1. The Labute approximate surface area is 224 Å². The number of aromatic nitrogens is 1. The molecule has 0 bridgehead atoms. The average Bonchev–Trinajstić information content (AvgIpc) is 3.52. The lowest BCUT2D eigenvalue weighted by molar-refractivity contribution is -0.384. The van der Waals surface area contributed by atoms with Crippen LogP contribution in [0.5, 0.6) is 0 Å². The number of pyridine rings is 1. The first-order chi connectivity index (χ1) is 18.4. The molecular formula is C28H25N5O4S. The van der Waals surface area contributed by atoms with Crippen molar-refractivity contribution in [3.8, 4) is 11.3 Å². The molecule has 2 aromatic heterocycles. The average molecular weight is 528 g/mol. The molecule has 2 aromatic carbocycles. The number of benzene rings is 2. The minimum Gasteiger partial charge on any atom is -0.459 e. The maximum absolute atomic E-state index is 12.8. The Bertz CT molecular complexity index is 1490. The number of amides is 1. The second-order valence-corrected chi connectivity index (χ2v) is 9.35. The Morgan fingerprint density at radius 3 is 2.71 bits per heavy atom. The summed E-state index contributed by atoms with van der Waals surface area (Å²) in [6.07, 6.45) is 1.90. The van der Waals surface area contributed by atoms with Gasteiger partial charge < -0.3 is 20.0 Å². The molecule has 9 nitrogen and oxygen atoms in total. The molecule has 2 N–H and O–H groups in total. The third-order valence-electron chi connectivity index (χ3n) is 6.36. The summed E-state index contributed by atoms with van der Waals surface area (Å²) in [5.74, 6) is 0.792. The van der Waals surface area contributed by atoms with Crippen molar-refractivity contribution in [1.29, 1.82) is 0 Å². The van der Waals surface area contributed by atoms with E-state index in [1.807, 2.05) is 54.3 Å². The van der Waals surface area contributed by atoms with Crippen LogP contribution in [0.1, 0.15) is 35.5 Å². The first kappa shape index (κ1) is 25.1. The number of hydrogen-bond acceptors (Lipinski definition) is 6. The molecule has 4 aromatic rings. The lowest BCUT2D eigenvalue weighted by Gasteiger charge is -2.25. The lowest BCUT2D eigenvalue weighted by atomic mass is 10.0. The van der Waals surface area contributed by atoms with Gasteiger partial charge in [0.1, 0.15) is 17.6 Å². The maximum Gasteiger partial charge on any atom is 0.280 e. The van der Waals surface area contributed by atoms with Crippen LogP contribution in [0.25, 0.3) is 11.3 Å². The first-order valence-corrected chi connectivity index (χ1v) is 12.5. The fraction of sp³-hybridized carbons (Fsp3) is 0.179. The zero-order valence-corrected chi connectivity index (χ0v) is 21.4. The molecule has 10 heteroatoms. The molecule has 0 aliphatic carbocycles. The van der Waals surface area contributed by atoms with Crippen LogP contribution in [0.4, 0.5) is 11.4 Å². The van der Waals surface area contributed by atoms with Crippen LogP contribution in [0.15, 0.2) is 89.5 Å². The van der Waals surface area contributed by atoms with E-state index in [2.05, 4.69) is 15.6 Å². The highest BCUT2D eigenvalue weighted by Gasteiger charge is 2.41. The topological polar surface area (TPSA) is 114 Å². The Hall–Kier alpha value is -4.57. The second kappa shape index (κ2) is 10.8. The highest BCUT2D eigenvalue weighted by molar-refractivity contribution is 7.80. The smallest absolute Gasteiger partial charge is 0.280 e. The van der Waals surface area contributed by atoms with Gasteiger partial charge in [-0.3, -0.25) is 19.9 Å². The van der Waals surface area contributed by atoms with Gasteiger partial charge in [0, 0.05) is 30.9 Å². The van der Waals surface area contributed by atoms with Gasteiger partial charge in [0.05, 0.1) is 22.2 Å². The number of thiocarbonyl (C=S) groups is 1. The molecule has 0 radical (unpaired) electrons. The predicted octanol–water partition coefficient (Wildman–Crippen LogP) is 5.56. The summed E-state index contributed by atoms with van der Waals surface area (Å²) in [5, 5.41) is 18.3. The summed E-state index contributed by atoms with van der Waals surface area (Å²) < 4.78 is 6.22. The summed E-state index contributed by atoms with van der Waals surface area (Å²) >= 11 is 5.67. The number of nitrogens with zero attached hydrogens (tertiary/aromatic N) is 3. The Morgan fingerprint density at radius 1 is 1.13 bits per heavy atom. The van der Waals surface area contributed by atoms with E-state index in [0.29, 0.717) is 28.7 Å². The van der Waals surface area contributed by atoms with Gasteiger partial charge in [-0.1, -0.05) is 30.3 Å². The van der Waals surface area contributed by atoms with Crippen LogP contribution < -0.4 is 10.6 Å². The van der Waals surface area contributed by atoms with Gasteiger partial charge in [0.25, 0.3) is 5.69 Å². The maximum atomic E-state index is 12.8. The van der Waals surface area contributed by atoms with Crippen molar-refractivity contribution in [2.45, 2.75) is 25.4 Å². The van der Waals surface area contributed by atoms with Gasteiger partial charge in [-0.25, -0.2) is 0 Å². The normalized spacial score (nSPS) is 16.8. The fourth-order valence-corrected chi connectivity index (χ4v) is 4.95. The summed E-state index contributed by atoms with van der Waals surface area (Å²) in [7, 11) is 0. The third-order valence-corrected chi connectivity index (χ3v) is 6.72. The van der Waals surface area contributed by atoms with E-state index >= 15 is 0 Å². The standard InChI is InChI=1S/C28H25N5O4S/c1-18-7-6-8-19(17-18)30-25(34)14-16-32-27(26(31-28(32)38)21-10-4-5-15-29-21)24-13-12-23(37-24)20-9-2-3-11-22(20)33(35)36/h2-13,15,17,26-27H,14,16H2,1H3,(H,30,34)(H,31,38). The van der Waals surface area contributed by atoms with E-state index in [9.17, 15) is 14.9 Å². The number of nitro benzene ring substituents is 1. The van der Waals surface area contributed by atoms with Crippen molar-refractivity contribution >= 4 is 34.6 Å². The Kier molecular flexibility index (Phi) is 7.14. The number of aryl methyl sites for hydroxylation is 1. The number of hydrogen-bond donors (Lipinski definition) is 2. The number of nitrogens with one attached hydrogen (secondary N) is 2. The van der Waals surface area contributed by atoms with Gasteiger partial charge in [-0.05, 0) is 67.2 Å². The Balaban J connectivity index is 1.43. The van der Waals surface area contributed by atoms with Crippen LogP contribution in [0.3, 0.4) is 0 Å². The molecule has 1 saturated heterocycles. The predicted molar refractivity (Wildman–Crippen MR) is 147 cm³/mol. The molecule has 0 spiro atoms. The molecule has 38 heavy (non-hydrogen) atoms. The zero-order chi connectivity index (χ0) is 26.6. The SMILES string of the molecule is Cc1cccc(NC(=O)CCN2C(=S)NC(c3ccccn3)C2c2ccc(-c3ccccc3[N+](=O)[O-])o2)c1. The van der Waals surface area contributed by atoms with Crippen molar-refractivity contribution in [2.75, 3.05) is 11.9 Å². The monoisotopic (exact) mass is 527 g/mol. The zero-order valence-electron chi connectivity index (χ0n) is 20.5. The number of rotatable bonds is 8. The molecule has 192 valence electrons. The van der Waals surface area contributed by atoms with E-state index in [1.54, 1.807) is 36.5 Å². The van der Waals surface area contributed by atoms with Crippen molar-refractivity contribution in [3.05, 3.63) is 112 Å². The van der Waals surface area contributed by atoms with Gasteiger partial charge >= 0.3 is 0 Å². The number of carbonyl (C=O) groups excluding carboxylic acids is 1. The summed E-state index contributed by atoms with van der Waals surface area (Å²) in [6, 6.07) is 22.4. The summed E-state index contributed by atoms with van der Waals surface area (Å²) in [4.78, 5) is 30.3. The van der Waals surface area contributed by atoms with Crippen LogP contribution in [0.2, 0.25) is 0 Å². The van der Waals surface area contributed by atoms with Crippen molar-refractivity contribution in [3.63, 3.8) is 0 Å². The summed E-state index contributed by atoms with van der Waals surface area (Å²) in [6.45, 7) is 2.30. The molecule has 1 aliphatic heterocycles. The van der Waals surface area contributed by atoms with E-state index in [1.165, 1.54) is 6.07 Å². The van der Waals surface area contributed by atoms with E-state index < -0.39 is 11.0 Å². The molecular weight excluding hydrogens is 502 g/mol. The van der Waals surface area contributed by atoms with Crippen LogP contribution >= 0.6 is 12.2 Å². The summed E-state index contributed by atoms with van der Waals surface area (Å²) in [5.41, 5.74) is 2.89. The molecule has 5 rings (SSSR count). The van der Waals surface area contributed by atoms with E-state index in [-0.39, 0.29) is 24.1 Å². The van der Waals surface area contributed by atoms with Gasteiger partial charge in [0.15, 0.2) is 5.11 Å². The molecule has 1 amide bonds. The van der Waals surface area contributed by atoms with Crippen LogP contribution in [0, 0.1) is 17.0 Å².